The molecule has 0 saturated heterocycles. The number of ether oxygens (including phenoxy) is 1. The number of rotatable bonds is 5. The maximum absolute atomic E-state index is 5.93. The van der Waals surface area contributed by atoms with Crippen molar-refractivity contribution in [2.45, 2.75) is 45.6 Å². The first-order chi connectivity index (χ1) is 9.65. The van der Waals surface area contributed by atoms with Crippen LogP contribution < -0.4 is 15.4 Å². The van der Waals surface area contributed by atoms with Gasteiger partial charge in [-0.2, -0.15) is 4.98 Å². The maximum Gasteiger partial charge on any atom is 0.218 e. The molecule has 1 saturated carbocycles. The largest absolute Gasteiger partial charge is 0.478 e. The maximum atomic E-state index is 5.93. The summed E-state index contributed by atoms with van der Waals surface area (Å²) in [7, 11) is 2.11. The van der Waals surface area contributed by atoms with E-state index in [1.807, 2.05) is 19.9 Å². The van der Waals surface area contributed by atoms with Crippen LogP contribution in [-0.2, 0) is 0 Å². The molecule has 0 amide bonds. The van der Waals surface area contributed by atoms with E-state index in [1.54, 1.807) is 0 Å². The molecule has 1 aliphatic rings. The molecule has 0 aromatic carbocycles. The Morgan fingerprint density at radius 3 is 2.80 bits per heavy atom. The number of hydrogen-bond donors (Lipinski definition) is 1. The normalized spacial score (nSPS) is 22.6. The lowest BCUT2D eigenvalue weighted by Gasteiger charge is -2.38. The zero-order valence-corrected chi connectivity index (χ0v) is 12.8. The van der Waals surface area contributed by atoms with E-state index in [2.05, 4.69) is 21.9 Å². The second kappa shape index (κ2) is 6.88. The second-order valence-corrected chi connectivity index (χ2v) is 5.50. The standard InChI is InChI=1S/C15H26N4O/c1-4-20-15-9-14(17-11(2)18-15)19(3)13-8-6-5-7-12(13)10-16/h9,12-13H,4-8,10,16H2,1-3H3. The predicted molar refractivity (Wildman–Crippen MR) is 81.1 cm³/mol. The van der Waals surface area contributed by atoms with E-state index in [9.17, 15) is 0 Å². The van der Waals surface area contributed by atoms with Crippen molar-refractivity contribution in [2.24, 2.45) is 11.7 Å². The Hall–Kier alpha value is -1.36. The lowest BCUT2D eigenvalue weighted by Crippen LogP contribution is -2.43. The molecule has 2 unspecified atom stereocenters. The monoisotopic (exact) mass is 278 g/mol. The van der Waals surface area contributed by atoms with Crippen LogP contribution in [0.2, 0.25) is 0 Å². The third-order valence-electron chi connectivity index (χ3n) is 4.12. The van der Waals surface area contributed by atoms with Crippen molar-refractivity contribution in [3.63, 3.8) is 0 Å². The van der Waals surface area contributed by atoms with Crippen molar-refractivity contribution >= 4 is 5.82 Å². The van der Waals surface area contributed by atoms with E-state index >= 15 is 0 Å². The summed E-state index contributed by atoms with van der Waals surface area (Å²) < 4.78 is 5.52. The molecule has 1 fully saturated rings. The molecule has 2 N–H and O–H groups in total. The summed E-state index contributed by atoms with van der Waals surface area (Å²) in [6.45, 7) is 5.24. The molecule has 5 nitrogen and oxygen atoms in total. The summed E-state index contributed by atoms with van der Waals surface area (Å²) in [6.07, 6.45) is 4.96. The second-order valence-electron chi connectivity index (χ2n) is 5.50. The van der Waals surface area contributed by atoms with Crippen LogP contribution >= 0.6 is 0 Å². The van der Waals surface area contributed by atoms with Gasteiger partial charge in [-0.1, -0.05) is 12.8 Å². The van der Waals surface area contributed by atoms with Crippen LogP contribution in [0.1, 0.15) is 38.4 Å². The minimum atomic E-state index is 0.470. The van der Waals surface area contributed by atoms with Gasteiger partial charge in [-0.25, -0.2) is 4.98 Å². The first kappa shape index (κ1) is 15.0. The first-order valence-electron chi connectivity index (χ1n) is 7.57. The highest BCUT2D eigenvalue weighted by atomic mass is 16.5. The summed E-state index contributed by atoms with van der Waals surface area (Å²) in [6, 6.07) is 2.40. The zero-order chi connectivity index (χ0) is 14.5. The topological polar surface area (TPSA) is 64.3 Å². The molecule has 0 radical (unpaired) electrons. The summed E-state index contributed by atoms with van der Waals surface area (Å²) in [4.78, 5) is 11.1. The molecule has 5 heteroatoms. The van der Waals surface area contributed by atoms with E-state index in [4.69, 9.17) is 10.5 Å². The molecule has 20 heavy (non-hydrogen) atoms. The highest BCUT2D eigenvalue weighted by Crippen LogP contribution is 2.30. The fraction of sp³-hybridized carbons (Fsp3) is 0.733. The van der Waals surface area contributed by atoms with Gasteiger partial charge in [0.2, 0.25) is 5.88 Å². The van der Waals surface area contributed by atoms with Crippen LogP contribution in [0.4, 0.5) is 5.82 Å². The third kappa shape index (κ3) is 3.39. The molecule has 0 aliphatic heterocycles. The number of hydrogen-bond acceptors (Lipinski definition) is 5. The van der Waals surface area contributed by atoms with Gasteiger partial charge >= 0.3 is 0 Å². The molecule has 112 valence electrons. The lowest BCUT2D eigenvalue weighted by molar-refractivity contribution is 0.303. The van der Waals surface area contributed by atoms with Crippen molar-refractivity contribution in [1.82, 2.24) is 9.97 Å². The Balaban J connectivity index is 2.20. The van der Waals surface area contributed by atoms with Gasteiger partial charge in [-0.3, -0.25) is 0 Å². The SMILES string of the molecule is CCOc1cc(N(C)C2CCCCC2CN)nc(C)n1. The van der Waals surface area contributed by atoms with E-state index in [-0.39, 0.29) is 0 Å². The smallest absolute Gasteiger partial charge is 0.218 e. The molecular formula is C15H26N4O. The molecule has 1 aromatic rings. The van der Waals surface area contributed by atoms with E-state index in [0.717, 1.165) is 18.2 Å². The average molecular weight is 278 g/mol. The molecule has 1 aromatic heterocycles. The van der Waals surface area contributed by atoms with Crippen molar-refractivity contribution in [3.8, 4) is 5.88 Å². The van der Waals surface area contributed by atoms with Crippen molar-refractivity contribution in [2.75, 3.05) is 25.1 Å². The Morgan fingerprint density at radius 2 is 2.10 bits per heavy atom. The summed E-state index contributed by atoms with van der Waals surface area (Å²) in [5.41, 5.74) is 5.93. The number of aryl methyl sites for hydroxylation is 1. The quantitative estimate of drug-likeness (QED) is 0.894. The van der Waals surface area contributed by atoms with E-state index in [1.165, 1.54) is 25.7 Å². The van der Waals surface area contributed by atoms with Gasteiger partial charge in [0.05, 0.1) is 6.61 Å². The van der Waals surface area contributed by atoms with E-state index < -0.39 is 0 Å². The Labute approximate surface area is 121 Å². The highest BCUT2D eigenvalue weighted by Gasteiger charge is 2.28. The fourth-order valence-electron chi connectivity index (χ4n) is 3.07. The predicted octanol–water partition coefficient (Wildman–Crippen LogP) is 2.14. The van der Waals surface area contributed by atoms with Gasteiger partial charge in [0.1, 0.15) is 11.6 Å². The third-order valence-corrected chi connectivity index (χ3v) is 4.12. The zero-order valence-electron chi connectivity index (χ0n) is 12.8. The molecule has 1 aliphatic carbocycles. The van der Waals surface area contributed by atoms with Crippen LogP contribution in [-0.4, -0.2) is 36.2 Å². The first-order valence-corrected chi connectivity index (χ1v) is 7.57. The molecule has 1 heterocycles. The van der Waals surface area contributed by atoms with Crippen molar-refractivity contribution < 1.29 is 4.74 Å². The average Bonchev–Trinajstić information content (AvgIpc) is 2.46. The van der Waals surface area contributed by atoms with Crippen LogP contribution in [0.15, 0.2) is 6.07 Å². The minimum absolute atomic E-state index is 0.470. The van der Waals surface area contributed by atoms with E-state index in [0.29, 0.717) is 24.4 Å². The molecule has 0 bridgehead atoms. The van der Waals surface area contributed by atoms with Crippen LogP contribution in [0.25, 0.3) is 0 Å². The number of aromatic nitrogens is 2. The van der Waals surface area contributed by atoms with Gasteiger partial charge in [0.15, 0.2) is 0 Å². The summed E-state index contributed by atoms with van der Waals surface area (Å²) in [5, 5.41) is 0. The van der Waals surface area contributed by atoms with Crippen LogP contribution in [0, 0.1) is 12.8 Å². The molecular weight excluding hydrogens is 252 g/mol. The van der Waals surface area contributed by atoms with Gasteiger partial charge in [-0.05, 0) is 39.2 Å². The number of anilines is 1. The van der Waals surface area contributed by atoms with Crippen molar-refractivity contribution in [3.05, 3.63) is 11.9 Å². The van der Waals surface area contributed by atoms with Gasteiger partial charge < -0.3 is 15.4 Å². The van der Waals surface area contributed by atoms with Crippen molar-refractivity contribution in [1.29, 1.82) is 0 Å². The number of nitrogens with two attached hydrogens (primary N) is 1. The molecule has 2 rings (SSSR count). The minimum Gasteiger partial charge on any atom is -0.478 e. The Kier molecular flexibility index (Phi) is 5.17. The Morgan fingerprint density at radius 1 is 1.35 bits per heavy atom. The summed E-state index contributed by atoms with van der Waals surface area (Å²) >= 11 is 0. The van der Waals surface area contributed by atoms with Gasteiger partial charge in [-0.15, -0.1) is 0 Å². The lowest BCUT2D eigenvalue weighted by atomic mass is 9.84. The molecule has 0 spiro atoms. The van der Waals surface area contributed by atoms with Crippen LogP contribution in [0.3, 0.4) is 0 Å². The van der Waals surface area contributed by atoms with Gasteiger partial charge in [0.25, 0.3) is 0 Å². The molecule has 2 atom stereocenters. The summed E-state index contributed by atoms with van der Waals surface area (Å²) in [5.74, 6) is 2.89. The fourth-order valence-corrected chi connectivity index (χ4v) is 3.07. The van der Waals surface area contributed by atoms with Crippen LogP contribution in [0.5, 0.6) is 5.88 Å². The van der Waals surface area contributed by atoms with Gasteiger partial charge in [0, 0.05) is 19.2 Å². The highest BCUT2D eigenvalue weighted by molar-refractivity contribution is 5.42. The number of nitrogens with zero attached hydrogens (tertiary/aromatic N) is 3. The Bertz CT molecular complexity index is 438.